The van der Waals surface area contributed by atoms with Gasteiger partial charge in [-0.2, -0.15) is 8.42 Å². The van der Waals surface area contributed by atoms with Crippen molar-refractivity contribution in [1.29, 1.82) is 0 Å². The van der Waals surface area contributed by atoms with Crippen molar-refractivity contribution < 1.29 is 17.6 Å². The van der Waals surface area contributed by atoms with E-state index in [1.165, 1.54) is 6.26 Å². The monoisotopic (exact) mass is 383 g/mol. The van der Waals surface area contributed by atoms with Gasteiger partial charge in [-0.25, -0.2) is 0 Å². The lowest BCUT2D eigenvalue weighted by Gasteiger charge is -2.20. The third-order valence-corrected chi connectivity index (χ3v) is 4.52. The molecule has 0 saturated carbocycles. The summed E-state index contributed by atoms with van der Waals surface area (Å²) in [4.78, 5) is 12.4. The van der Waals surface area contributed by atoms with Crippen molar-refractivity contribution in [3.63, 3.8) is 0 Å². The molecule has 1 aromatic carbocycles. The average molecular weight is 384 g/mol. The van der Waals surface area contributed by atoms with Crippen molar-refractivity contribution in [2.24, 2.45) is 4.36 Å². The standard InChI is InChI=1S/C16H18ClN3O4S/c1-3-10-12(16(21)20-25(22)23)15(11(4-2)13(17)14(10)18)19-8-9-6-5-7-24-9/h5-7,19H,3-4,8,18H2,1-2H3. The zero-order valence-electron chi connectivity index (χ0n) is 13.8. The third-order valence-electron chi connectivity index (χ3n) is 3.78. The Morgan fingerprint density at radius 2 is 2.00 bits per heavy atom. The highest BCUT2D eigenvalue weighted by atomic mass is 35.5. The van der Waals surface area contributed by atoms with Crippen molar-refractivity contribution in [2.45, 2.75) is 33.2 Å². The fraction of sp³-hybridized carbons (Fsp3) is 0.312. The van der Waals surface area contributed by atoms with Gasteiger partial charge in [0, 0.05) is 0 Å². The van der Waals surface area contributed by atoms with Crippen LogP contribution in [0.1, 0.15) is 41.1 Å². The van der Waals surface area contributed by atoms with E-state index < -0.39 is 16.4 Å². The van der Waals surface area contributed by atoms with Gasteiger partial charge in [0.15, 0.2) is 0 Å². The second-order valence-electron chi connectivity index (χ2n) is 5.19. The molecule has 0 fully saturated rings. The molecule has 0 saturated heterocycles. The second kappa shape index (κ2) is 8.17. The van der Waals surface area contributed by atoms with E-state index in [-0.39, 0.29) is 11.3 Å². The molecular formula is C16H18ClN3O4S. The molecule has 0 bridgehead atoms. The molecule has 0 spiro atoms. The van der Waals surface area contributed by atoms with Gasteiger partial charge in [0.2, 0.25) is 0 Å². The van der Waals surface area contributed by atoms with Crippen LogP contribution in [0, 0.1) is 0 Å². The zero-order chi connectivity index (χ0) is 18.6. The summed E-state index contributed by atoms with van der Waals surface area (Å²) in [6, 6.07) is 3.52. The molecule has 0 aliphatic rings. The first-order valence-electron chi connectivity index (χ1n) is 7.64. The van der Waals surface area contributed by atoms with E-state index in [2.05, 4.69) is 9.68 Å². The SMILES string of the molecule is CCc1c(Cl)c(N)c(CC)c(C(=O)N=S(=O)=O)c1NCc1ccco1. The lowest BCUT2D eigenvalue weighted by molar-refractivity contribution is 0.100. The molecule has 134 valence electrons. The maximum atomic E-state index is 12.4. The number of nitrogens with two attached hydrogens (primary N) is 1. The molecule has 7 nitrogen and oxygen atoms in total. The molecule has 1 aromatic heterocycles. The molecule has 1 heterocycles. The van der Waals surface area contributed by atoms with Crippen molar-refractivity contribution >= 4 is 39.4 Å². The maximum absolute atomic E-state index is 12.4. The van der Waals surface area contributed by atoms with E-state index in [4.69, 9.17) is 21.8 Å². The van der Waals surface area contributed by atoms with Gasteiger partial charge >= 0.3 is 10.5 Å². The van der Waals surface area contributed by atoms with E-state index in [1.54, 1.807) is 19.1 Å². The molecule has 3 N–H and O–H groups in total. The number of nitrogens with zero attached hydrogens (tertiary/aromatic N) is 1. The highest BCUT2D eigenvalue weighted by Crippen LogP contribution is 2.39. The number of rotatable bonds is 6. The van der Waals surface area contributed by atoms with Crippen LogP contribution >= 0.6 is 11.6 Å². The second-order valence-corrected chi connectivity index (χ2v) is 6.18. The largest absolute Gasteiger partial charge is 0.467 e. The number of furan rings is 1. The quantitative estimate of drug-likeness (QED) is 0.738. The summed E-state index contributed by atoms with van der Waals surface area (Å²) in [5.41, 5.74) is 7.97. The van der Waals surface area contributed by atoms with E-state index in [1.807, 2.05) is 6.92 Å². The number of halogens is 1. The van der Waals surface area contributed by atoms with Crippen LogP contribution in [0.5, 0.6) is 0 Å². The lowest BCUT2D eigenvalue weighted by Crippen LogP contribution is -2.14. The number of hydrogen-bond donors (Lipinski definition) is 2. The normalized spacial score (nSPS) is 10.5. The number of nitrogens with one attached hydrogen (secondary N) is 1. The summed E-state index contributed by atoms with van der Waals surface area (Å²) in [6.45, 7) is 3.96. The third kappa shape index (κ3) is 4.02. The van der Waals surface area contributed by atoms with Crippen LogP contribution < -0.4 is 11.1 Å². The Labute approximate surface area is 151 Å². The molecule has 1 amide bonds. The number of benzene rings is 1. The first-order chi connectivity index (χ1) is 11.9. The minimum Gasteiger partial charge on any atom is -0.467 e. The van der Waals surface area contributed by atoms with Crippen molar-refractivity contribution in [2.75, 3.05) is 11.1 Å². The molecular weight excluding hydrogens is 366 g/mol. The number of nitrogen functional groups attached to an aromatic ring is 1. The molecule has 0 aliphatic heterocycles. The molecule has 25 heavy (non-hydrogen) atoms. The molecule has 0 aliphatic carbocycles. The number of carbonyl (C=O) groups excluding carboxylic acids is 1. The number of anilines is 2. The Balaban J connectivity index is 2.68. The van der Waals surface area contributed by atoms with Crippen molar-refractivity contribution in [3.05, 3.63) is 45.9 Å². The van der Waals surface area contributed by atoms with E-state index in [9.17, 15) is 13.2 Å². The molecule has 2 aromatic rings. The van der Waals surface area contributed by atoms with Crippen molar-refractivity contribution in [1.82, 2.24) is 0 Å². The zero-order valence-corrected chi connectivity index (χ0v) is 15.4. The van der Waals surface area contributed by atoms with Gasteiger partial charge < -0.3 is 15.5 Å². The van der Waals surface area contributed by atoms with Crippen LogP contribution in [0.4, 0.5) is 11.4 Å². The first-order valence-corrected chi connectivity index (χ1v) is 9.05. The maximum Gasteiger partial charge on any atom is 0.319 e. The van der Waals surface area contributed by atoms with E-state index >= 15 is 0 Å². The predicted molar refractivity (Wildman–Crippen MR) is 96.3 cm³/mol. The van der Waals surface area contributed by atoms with Gasteiger partial charge in [0.05, 0.1) is 34.8 Å². The van der Waals surface area contributed by atoms with Gasteiger partial charge in [0.1, 0.15) is 5.76 Å². The van der Waals surface area contributed by atoms with Gasteiger partial charge in [-0.1, -0.05) is 29.8 Å². The fourth-order valence-corrected chi connectivity index (χ4v) is 3.24. The molecule has 0 unspecified atom stereocenters. The molecule has 9 heteroatoms. The minimum absolute atomic E-state index is 0.122. The Morgan fingerprint density at radius 3 is 2.52 bits per heavy atom. The average Bonchev–Trinajstić information content (AvgIpc) is 3.08. The Morgan fingerprint density at radius 1 is 1.32 bits per heavy atom. The molecule has 0 radical (unpaired) electrons. The lowest BCUT2D eigenvalue weighted by atomic mass is 9.95. The van der Waals surface area contributed by atoms with Gasteiger partial charge in [-0.15, -0.1) is 0 Å². The van der Waals surface area contributed by atoms with Crippen LogP contribution in [0.3, 0.4) is 0 Å². The topological polar surface area (TPSA) is 115 Å². The summed E-state index contributed by atoms with van der Waals surface area (Å²) in [5, 5.41) is 3.46. The summed E-state index contributed by atoms with van der Waals surface area (Å²) >= 11 is 6.37. The summed E-state index contributed by atoms with van der Waals surface area (Å²) in [7, 11) is -2.86. The summed E-state index contributed by atoms with van der Waals surface area (Å²) in [6.07, 6.45) is 2.43. The highest BCUT2D eigenvalue weighted by Gasteiger charge is 2.24. The van der Waals surface area contributed by atoms with Crippen LogP contribution in [0.2, 0.25) is 5.02 Å². The van der Waals surface area contributed by atoms with Gasteiger partial charge in [-0.3, -0.25) is 4.79 Å². The van der Waals surface area contributed by atoms with Crippen LogP contribution in [-0.2, 0) is 29.9 Å². The summed E-state index contributed by atoms with van der Waals surface area (Å²) < 4.78 is 30.1. The van der Waals surface area contributed by atoms with Crippen LogP contribution in [-0.4, -0.2) is 14.3 Å². The summed E-state index contributed by atoms with van der Waals surface area (Å²) in [5.74, 6) is -0.235. The number of hydrogen-bond acceptors (Lipinski definition) is 6. The Bertz CT molecular complexity index is 914. The van der Waals surface area contributed by atoms with Gasteiger partial charge in [-0.05, 0) is 36.1 Å². The molecule has 2 rings (SSSR count). The van der Waals surface area contributed by atoms with Gasteiger partial charge in [0.25, 0.3) is 5.91 Å². The van der Waals surface area contributed by atoms with E-state index in [0.717, 1.165) is 0 Å². The fourth-order valence-electron chi connectivity index (χ4n) is 2.67. The van der Waals surface area contributed by atoms with Crippen LogP contribution in [0.25, 0.3) is 0 Å². The number of amides is 1. The van der Waals surface area contributed by atoms with Crippen molar-refractivity contribution in [3.8, 4) is 0 Å². The molecule has 0 atom stereocenters. The Kier molecular flexibility index (Phi) is 6.22. The highest BCUT2D eigenvalue weighted by molar-refractivity contribution is 7.62. The number of carbonyl (C=O) groups is 1. The predicted octanol–water partition coefficient (Wildman–Crippen LogP) is 3.46. The first kappa shape index (κ1) is 19.0. The smallest absolute Gasteiger partial charge is 0.319 e. The minimum atomic E-state index is -2.86. The Hall–Kier alpha value is -2.32. The van der Waals surface area contributed by atoms with E-state index in [0.29, 0.717) is 47.0 Å². The van der Waals surface area contributed by atoms with Crippen LogP contribution in [0.15, 0.2) is 27.2 Å².